The molecule has 0 amide bonds. The maximum absolute atomic E-state index is 13.5. The van der Waals surface area contributed by atoms with Crippen LogP contribution in [0.5, 0.6) is 0 Å². The predicted octanol–water partition coefficient (Wildman–Crippen LogP) is 2.86. The number of Topliss-reactive ketones (excluding diaryl/α,β-unsaturated/α-hetero) is 1. The molecule has 1 unspecified atom stereocenters. The Hall–Kier alpha value is -1.42. The number of ketones is 1. The van der Waals surface area contributed by atoms with E-state index in [2.05, 4.69) is 4.74 Å². The Labute approximate surface area is 104 Å². The lowest BCUT2D eigenvalue weighted by Gasteiger charge is -2.08. The highest BCUT2D eigenvalue weighted by atomic mass is 35.5. The van der Waals surface area contributed by atoms with E-state index in [4.69, 9.17) is 11.6 Å². The topological polar surface area (TPSA) is 43.4 Å². The van der Waals surface area contributed by atoms with Gasteiger partial charge in [-0.1, -0.05) is 24.6 Å². The molecule has 0 aliphatic heterocycles. The van der Waals surface area contributed by atoms with Crippen molar-refractivity contribution in [2.75, 3.05) is 7.11 Å². The van der Waals surface area contributed by atoms with Crippen molar-refractivity contribution in [2.24, 2.45) is 5.92 Å². The fraction of sp³-hybridized carbons (Fsp3) is 0.333. The van der Waals surface area contributed by atoms with E-state index in [0.717, 1.165) is 0 Å². The van der Waals surface area contributed by atoms with Gasteiger partial charge in [-0.05, 0) is 12.1 Å². The minimum Gasteiger partial charge on any atom is -0.469 e. The Morgan fingerprint density at radius 2 is 2.12 bits per heavy atom. The molecule has 17 heavy (non-hydrogen) atoms. The lowest BCUT2D eigenvalue weighted by atomic mass is 9.99. The molecule has 0 heterocycles. The zero-order valence-electron chi connectivity index (χ0n) is 9.50. The fourth-order valence-corrected chi connectivity index (χ4v) is 1.57. The zero-order valence-corrected chi connectivity index (χ0v) is 10.3. The molecular formula is C12H12ClFO3. The van der Waals surface area contributed by atoms with Gasteiger partial charge < -0.3 is 4.74 Å². The molecule has 0 saturated carbocycles. The molecule has 92 valence electrons. The lowest BCUT2D eigenvalue weighted by Crippen LogP contribution is -2.17. The fourth-order valence-electron chi connectivity index (χ4n) is 1.39. The number of rotatable bonds is 4. The zero-order chi connectivity index (χ0) is 13.0. The molecule has 3 nitrogen and oxygen atoms in total. The van der Waals surface area contributed by atoms with Crippen molar-refractivity contribution < 1.29 is 18.7 Å². The number of benzene rings is 1. The maximum atomic E-state index is 13.5. The summed E-state index contributed by atoms with van der Waals surface area (Å²) in [5.41, 5.74) is -0.103. The first-order valence-electron chi connectivity index (χ1n) is 5.02. The molecule has 0 aromatic heterocycles. The van der Waals surface area contributed by atoms with Gasteiger partial charge in [-0.15, -0.1) is 0 Å². The van der Waals surface area contributed by atoms with Crippen LogP contribution in [0.4, 0.5) is 4.39 Å². The van der Waals surface area contributed by atoms with Crippen molar-refractivity contribution in [2.45, 2.75) is 13.3 Å². The molecular weight excluding hydrogens is 247 g/mol. The van der Waals surface area contributed by atoms with Gasteiger partial charge in [0.2, 0.25) is 0 Å². The molecule has 0 saturated heterocycles. The van der Waals surface area contributed by atoms with Crippen molar-refractivity contribution in [1.29, 1.82) is 0 Å². The number of methoxy groups -OCH3 is 1. The molecule has 0 fully saturated rings. The van der Waals surface area contributed by atoms with Crippen molar-refractivity contribution in [3.8, 4) is 0 Å². The lowest BCUT2D eigenvalue weighted by molar-refractivity contribution is -0.144. The Kier molecular flexibility index (Phi) is 4.63. The number of esters is 1. The second-order valence-electron chi connectivity index (χ2n) is 3.65. The molecule has 0 spiro atoms. The van der Waals surface area contributed by atoms with E-state index in [1.807, 2.05) is 0 Å². The van der Waals surface area contributed by atoms with Crippen LogP contribution in [0.2, 0.25) is 5.02 Å². The smallest absolute Gasteiger partial charge is 0.308 e. The minimum atomic E-state index is -0.753. The highest BCUT2D eigenvalue weighted by molar-refractivity contribution is 6.31. The summed E-state index contributed by atoms with van der Waals surface area (Å²) in [5, 5.41) is -0.110. The Morgan fingerprint density at radius 1 is 1.47 bits per heavy atom. The summed E-state index contributed by atoms with van der Waals surface area (Å²) in [5.74, 6) is -2.33. The first kappa shape index (κ1) is 13.6. The number of ether oxygens (including phenoxy) is 1. The number of hydrogen-bond acceptors (Lipinski definition) is 3. The van der Waals surface area contributed by atoms with Crippen molar-refractivity contribution in [3.05, 3.63) is 34.6 Å². The first-order chi connectivity index (χ1) is 7.97. The van der Waals surface area contributed by atoms with Gasteiger partial charge in [0.05, 0.1) is 23.6 Å². The molecule has 0 N–H and O–H groups in total. The summed E-state index contributed by atoms with van der Waals surface area (Å²) >= 11 is 5.57. The number of carbonyl (C=O) groups excluding carboxylic acids is 2. The number of carbonyl (C=O) groups is 2. The van der Waals surface area contributed by atoms with Crippen LogP contribution in [0.3, 0.4) is 0 Å². The van der Waals surface area contributed by atoms with E-state index < -0.39 is 23.5 Å². The summed E-state index contributed by atoms with van der Waals surface area (Å²) < 4.78 is 18.0. The molecule has 1 atom stereocenters. The van der Waals surface area contributed by atoms with Crippen molar-refractivity contribution in [1.82, 2.24) is 0 Å². The molecule has 0 bridgehead atoms. The second kappa shape index (κ2) is 5.77. The summed E-state index contributed by atoms with van der Waals surface area (Å²) in [4.78, 5) is 22.9. The van der Waals surface area contributed by atoms with Gasteiger partial charge in [0.15, 0.2) is 11.6 Å². The van der Waals surface area contributed by atoms with Gasteiger partial charge in [-0.2, -0.15) is 0 Å². The van der Waals surface area contributed by atoms with E-state index in [1.54, 1.807) is 6.92 Å². The summed E-state index contributed by atoms with van der Waals surface area (Å²) in [6.07, 6.45) is -0.107. The number of hydrogen-bond donors (Lipinski definition) is 0. The van der Waals surface area contributed by atoms with E-state index >= 15 is 0 Å². The average Bonchev–Trinajstić information content (AvgIpc) is 2.31. The van der Waals surface area contributed by atoms with Crippen molar-refractivity contribution >= 4 is 23.4 Å². The third-order valence-electron chi connectivity index (χ3n) is 2.35. The van der Waals surface area contributed by atoms with Crippen LogP contribution < -0.4 is 0 Å². The van der Waals surface area contributed by atoms with Crippen LogP contribution in [0.1, 0.15) is 23.7 Å². The van der Waals surface area contributed by atoms with Crippen LogP contribution in [-0.2, 0) is 9.53 Å². The van der Waals surface area contributed by atoms with Gasteiger partial charge in [0.25, 0.3) is 0 Å². The SMILES string of the molecule is COC(=O)C(C)CC(=O)c1cccc(Cl)c1F. The average molecular weight is 259 g/mol. The molecule has 1 aromatic carbocycles. The van der Waals surface area contributed by atoms with Crippen molar-refractivity contribution in [3.63, 3.8) is 0 Å². The molecule has 1 aromatic rings. The summed E-state index contributed by atoms with van der Waals surface area (Å²) in [7, 11) is 1.24. The van der Waals surface area contributed by atoms with Gasteiger partial charge in [-0.3, -0.25) is 9.59 Å². The Balaban J connectivity index is 2.84. The van der Waals surface area contributed by atoms with Gasteiger partial charge in [-0.25, -0.2) is 4.39 Å². The Morgan fingerprint density at radius 3 is 2.71 bits per heavy atom. The van der Waals surface area contributed by atoms with Crippen LogP contribution in [0.25, 0.3) is 0 Å². The maximum Gasteiger partial charge on any atom is 0.308 e. The third-order valence-corrected chi connectivity index (χ3v) is 2.64. The second-order valence-corrected chi connectivity index (χ2v) is 4.06. The highest BCUT2D eigenvalue weighted by Gasteiger charge is 2.21. The predicted molar refractivity (Wildman–Crippen MR) is 61.5 cm³/mol. The normalized spacial score (nSPS) is 12.0. The van der Waals surface area contributed by atoms with Crippen LogP contribution in [0, 0.1) is 11.7 Å². The molecule has 1 rings (SSSR count). The first-order valence-corrected chi connectivity index (χ1v) is 5.40. The minimum absolute atomic E-state index is 0.103. The van der Waals surface area contributed by atoms with E-state index in [1.165, 1.54) is 25.3 Å². The molecule has 0 aliphatic carbocycles. The molecule has 5 heteroatoms. The van der Waals surface area contributed by atoms with Crippen LogP contribution in [0.15, 0.2) is 18.2 Å². The van der Waals surface area contributed by atoms with Gasteiger partial charge >= 0.3 is 5.97 Å². The van der Waals surface area contributed by atoms with Gasteiger partial charge in [0, 0.05) is 6.42 Å². The van der Waals surface area contributed by atoms with Crippen LogP contribution in [-0.4, -0.2) is 18.9 Å². The summed E-state index contributed by atoms with van der Waals surface area (Å²) in [6, 6.07) is 4.19. The quantitative estimate of drug-likeness (QED) is 0.616. The third kappa shape index (κ3) is 3.27. The molecule has 0 radical (unpaired) electrons. The monoisotopic (exact) mass is 258 g/mol. The largest absolute Gasteiger partial charge is 0.469 e. The van der Waals surface area contributed by atoms with E-state index in [9.17, 15) is 14.0 Å². The number of halogens is 2. The summed E-state index contributed by atoms with van der Waals surface area (Å²) in [6.45, 7) is 1.55. The van der Waals surface area contributed by atoms with E-state index in [-0.39, 0.29) is 17.0 Å². The standard InChI is InChI=1S/C12H12ClFO3/c1-7(12(16)17-2)6-10(15)8-4-3-5-9(13)11(8)14/h3-5,7H,6H2,1-2H3. The van der Waals surface area contributed by atoms with Crippen LogP contribution >= 0.6 is 11.6 Å². The Bertz CT molecular complexity index is 445. The van der Waals surface area contributed by atoms with E-state index in [0.29, 0.717) is 0 Å². The molecule has 0 aliphatic rings. The van der Waals surface area contributed by atoms with Gasteiger partial charge in [0.1, 0.15) is 0 Å². The highest BCUT2D eigenvalue weighted by Crippen LogP contribution is 2.20.